The first kappa shape index (κ1) is 37.4. The fraction of sp³-hybridized carbons (Fsp3) is 0.524. The van der Waals surface area contributed by atoms with Crippen molar-refractivity contribution in [3.8, 4) is 17.0 Å². The average molecular weight is 787 g/mol. The van der Waals surface area contributed by atoms with Crippen LogP contribution in [0.3, 0.4) is 0 Å². The number of anilines is 1. The van der Waals surface area contributed by atoms with E-state index in [-0.39, 0.29) is 35.3 Å². The zero-order valence-electron chi connectivity index (χ0n) is 31.4. The monoisotopic (exact) mass is 786 g/mol. The molecule has 4 heterocycles. The normalized spacial score (nSPS) is 26.4. The van der Waals surface area contributed by atoms with Gasteiger partial charge in [0.25, 0.3) is 5.91 Å². The number of ether oxygens (including phenoxy) is 2. The molecule has 0 atom stereocenters. The van der Waals surface area contributed by atoms with E-state index in [1.54, 1.807) is 36.7 Å². The summed E-state index contributed by atoms with van der Waals surface area (Å²) in [5.74, 6) is -1.11. The van der Waals surface area contributed by atoms with E-state index in [4.69, 9.17) is 9.47 Å². The number of alkyl halides is 3. The highest BCUT2D eigenvalue weighted by molar-refractivity contribution is 6.02. The molecule has 6 aliphatic rings. The van der Waals surface area contributed by atoms with Gasteiger partial charge < -0.3 is 24.8 Å². The number of benzene rings is 1. The lowest BCUT2D eigenvalue weighted by Crippen LogP contribution is -2.70. The van der Waals surface area contributed by atoms with Crippen LogP contribution in [0.2, 0.25) is 0 Å². The first-order chi connectivity index (χ1) is 27.5. The Balaban J connectivity index is 1.03. The van der Waals surface area contributed by atoms with E-state index in [0.717, 1.165) is 44.6 Å². The number of hydrogen-bond acceptors (Lipinski definition) is 9. The summed E-state index contributed by atoms with van der Waals surface area (Å²) < 4.78 is 58.2. The van der Waals surface area contributed by atoms with Gasteiger partial charge in [0, 0.05) is 61.5 Å². The van der Waals surface area contributed by atoms with Gasteiger partial charge in [-0.3, -0.25) is 9.36 Å². The molecule has 57 heavy (non-hydrogen) atoms. The summed E-state index contributed by atoms with van der Waals surface area (Å²) in [6.07, 6.45) is 8.05. The maximum absolute atomic E-state index is 14.9. The number of fused-ring (bicyclic) bond motifs is 1. The molecule has 3 aromatic heterocycles. The third-order valence-corrected chi connectivity index (χ3v) is 13.2. The van der Waals surface area contributed by atoms with Crippen LogP contribution < -0.4 is 15.0 Å². The number of amides is 1. The molecule has 12 nitrogen and oxygen atoms in total. The van der Waals surface area contributed by atoms with Crippen molar-refractivity contribution in [2.45, 2.75) is 101 Å². The number of carboxylic acids is 1. The Morgan fingerprint density at radius 2 is 1.54 bits per heavy atom. The van der Waals surface area contributed by atoms with Gasteiger partial charge in [-0.15, -0.1) is 0 Å². The first-order valence-electron chi connectivity index (χ1n) is 20.2. The van der Waals surface area contributed by atoms with Crippen LogP contribution in [0.25, 0.3) is 22.2 Å². The summed E-state index contributed by atoms with van der Waals surface area (Å²) in [7, 11) is 0. The van der Waals surface area contributed by atoms with Crippen LogP contribution in [-0.4, -0.2) is 73.4 Å². The van der Waals surface area contributed by atoms with Crippen molar-refractivity contribution >= 4 is 34.8 Å². The highest BCUT2D eigenvalue weighted by Crippen LogP contribution is 2.58. The van der Waals surface area contributed by atoms with E-state index in [1.165, 1.54) is 16.8 Å². The molecule has 1 aromatic carbocycles. The van der Waals surface area contributed by atoms with E-state index in [1.807, 2.05) is 0 Å². The van der Waals surface area contributed by atoms with E-state index < -0.39 is 40.9 Å². The zero-order chi connectivity index (χ0) is 39.5. The molecule has 1 aliphatic heterocycles. The molecule has 4 bridgehead atoms. The molecule has 300 valence electrons. The summed E-state index contributed by atoms with van der Waals surface area (Å²) in [6.45, 7) is 1.37. The number of carboxylic acid groups (broad SMARTS) is 1. The van der Waals surface area contributed by atoms with Crippen molar-refractivity contribution in [3.63, 3.8) is 0 Å². The highest BCUT2D eigenvalue weighted by Gasteiger charge is 2.62. The molecular formula is C42H45F3N6O6. The lowest BCUT2D eigenvalue weighted by Gasteiger charge is -2.59. The van der Waals surface area contributed by atoms with Crippen molar-refractivity contribution in [1.29, 1.82) is 0 Å². The number of carbonyl (C=O) groups is 3. The molecule has 6 fully saturated rings. The second kappa shape index (κ2) is 14.6. The van der Waals surface area contributed by atoms with E-state index in [0.29, 0.717) is 86.1 Å². The van der Waals surface area contributed by atoms with E-state index in [9.17, 15) is 32.7 Å². The number of carbonyl (C=O) groups excluding carboxylic acids is 2. The number of nitrogens with one attached hydrogen (secondary N) is 1. The first-order valence-corrected chi connectivity index (χ1v) is 20.2. The van der Waals surface area contributed by atoms with Gasteiger partial charge in [0.2, 0.25) is 5.95 Å². The highest BCUT2D eigenvalue weighted by atomic mass is 19.4. The molecule has 0 radical (unpaired) electrons. The molecule has 1 amide bonds. The quantitative estimate of drug-likeness (QED) is 0.181. The zero-order valence-corrected chi connectivity index (χ0v) is 31.4. The summed E-state index contributed by atoms with van der Waals surface area (Å²) in [6, 6.07) is 9.24. The minimum absolute atomic E-state index is 0.111. The number of rotatable bonds is 8. The minimum atomic E-state index is -5.05. The number of halogens is 3. The lowest BCUT2D eigenvalue weighted by atomic mass is 9.48. The second-order valence-electron chi connectivity index (χ2n) is 16.6. The van der Waals surface area contributed by atoms with Crippen molar-refractivity contribution in [2.75, 3.05) is 18.0 Å². The van der Waals surface area contributed by atoms with Crippen LogP contribution in [0.1, 0.15) is 93.1 Å². The van der Waals surface area contributed by atoms with Crippen LogP contribution in [-0.2, 0) is 15.7 Å². The fourth-order valence-corrected chi connectivity index (χ4v) is 10.6. The molecule has 4 aromatic rings. The van der Waals surface area contributed by atoms with Gasteiger partial charge in [-0.1, -0.05) is 6.42 Å². The van der Waals surface area contributed by atoms with Crippen LogP contribution in [0.15, 0.2) is 55.0 Å². The third-order valence-electron chi connectivity index (χ3n) is 13.2. The maximum atomic E-state index is 14.9. The molecule has 10 rings (SSSR count). The molecule has 0 spiro atoms. The minimum Gasteiger partial charge on any atom is -0.490 e. The smallest absolute Gasteiger partial charge is 0.434 e. The van der Waals surface area contributed by atoms with Gasteiger partial charge in [-0.25, -0.2) is 24.5 Å². The topological polar surface area (TPSA) is 149 Å². The Hall–Kier alpha value is -5.21. The Morgan fingerprint density at radius 3 is 2.19 bits per heavy atom. The Morgan fingerprint density at radius 1 is 0.860 bits per heavy atom. The Labute approximate surface area is 327 Å². The molecule has 0 unspecified atom stereocenters. The second-order valence-corrected chi connectivity index (χ2v) is 16.6. The number of hydrogen-bond donors (Lipinski definition) is 2. The molecule has 1 saturated heterocycles. The number of aromatic nitrogens is 4. The largest absolute Gasteiger partial charge is 0.490 e. The van der Waals surface area contributed by atoms with E-state index >= 15 is 0 Å². The third kappa shape index (κ3) is 6.96. The molecule has 5 saturated carbocycles. The van der Waals surface area contributed by atoms with Gasteiger partial charge in [0.05, 0.1) is 16.8 Å². The average Bonchev–Trinajstić information content (AvgIpc) is 3.58. The fourth-order valence-electron chi connectivity index (χ4n) is 10.6. The van der Waals surface area contributed by atoms with Crippen molar-refractivity contribution < 1.29 is 42.1 Å². The van der Waals surface area contributed by atoms with Crippen molar-refractivity contribution in [2.24, 2.45) is 23.7 Å². The number of pyridine rings is 1. The SMILES string of the molecule is O=C(NC1(C(=O)O)C2CC3CC(C2)CC1C3)c1ccc(-c2cn(C(=O)OC3CCCCC3)c3cc(OC4CCN(c5ncccn5)CC4)ccc23)nc1C(F)(F)F. The van der Waals surface area contributed by atoms with Crippen LogP contribution >= 0.6 is 0 Å². The van der Waals surface area contributed by atoms with Gasteiger partial charge in [-0.2, -0.15) is 13.2 Å². The summed E-state index contributed by atoms with van der Waals surface area (Å²) in [4.78, 5) is 55.3. The van der Waals surface area contributed by atoms with Gasteiger partial charge >= 0.3 is 18.2 Å². The van der Waals surface area contributed by atoms with Crippen molar-refractivity contribution in [3.05, 3.63) is 66.2 Å². The number of piperidine rings is 1. The van der Waals surface area contributed by atoms with Gasteiger partial charge in [-0.05, 0) is 112 Å². The summed E-state index contributed by atoms with van der Waals surface area (Å²) >= 11 is 0. The maximum Gasteiger partial charge on any atom is 0.434 e. The Kier molecular flexibility index (Phi) is 9.59. The van der Waals surface area contributed by atoms with Crippen LogP contribution in [0.5, 0.6) is 5.75 Å². The molecule has 5 aliphatic carbocycles. The predicted molar refractivity (Wildman–Crippen MR) is 202 cm³/mol. The molecule has 15 heteroatoms. The standard InChI is InChI=1S/C42H45F3N6O6/c43-42(44,45)36-32(37(52)49-41(38(53)54)26-18-24-17-25(20-26)21-27(41)19-24)9-10-34(48-36)33-23-51(40(55)57-28-5-2-1-3-6-28)35-22-30(7-8-31(33)35)56-29-11-15-50(16-12-29)39-46-13-4-14-47-39/h4,7-10,13-14,22-29H,1-3,5-6,11-12,15-21H2,(H,49,52)(H,53,54). The van der Waals surface area contributed by atoms with Gasteiger partial charge in [0.1, 0.15) is 23.5 Å². The Bertz CT molecular complexity index is 2150. The molecular weight excluding hydrogens is 741 g/mol. The van der Waals surface area contributed by atoms with Crippen molar-refractivity contribution in [1.82, 2.24) is 24.8 Å². The lowest BCUT2D eigenvalue weighted by molar-refractivity contribution is -0.163. The van der Waals surface area contributed by atoms with Crippen LogP contribution in [0, 0.1) is 23.7 Å². The number of aliphatic carboxylic acids is 1. The number of nitrogens with zero attached hydrogens (tertiary/aromatic N) is 5. The van der Waals surface area contributed by atoms with Crippen LogP contribution in [0.4, 0.5) is 23.9 Å². The summed E-state index contributed by atoms with van der Waals surface area (Å²) in [5.41, 5.74) is -3.32. The summed E-state index contributed by atoms with van der Waals surface area (Å²) in [5, 5.41) is 13.6. The van der Waals surface area contributed by atoms with Gasteiger partial charge in [0.15, 0.2) is 5.69 Å². The predicted octanol–water partition coefficient (Wildman–Crippen LogP) is 7.89. The van der Waals surface area contributed by atoms with E-state index in [2.05, 4.69) is 25.2 Å². The molecule has 2 N–H and O–H groups in total.